The van der Waals surface area contributed by atoms with Crippen LogP contribution in [0.15, 0.2) is 24.3 Å². The second-order valence-corrected chi connectivity index (χ2v) is 5.28. The molecule has 1 unspecified atom stereocenters. The molecule has 1 aromatic rings. The van der Waals surface area contributed by atoms with E-state index in [1.165, 1.54) is 12.1 Å². The van der Waals surface area contributed by atoms with Gasteiger partial charge in [-0.15, -0.1) is 0 Å². The van der Waals surface area contributed by atoms with E-state index in [2.05, 4.69) is 0 Å². The van der Waals surface area contributed by atoms with Crippen LogP contribution in [0.2, 0.25) is 0 Å². The molecule has 1 aromatic carbocycles. The number of carbonyl (C=O) groups is 3. The zero-order chi connectivity index (χ0) is 17.2. The van der Waals surface area contributed by atoms with Crippen molar-refractivity contribution in [2.45, 2.75) is 12.0 Å². The Morgan fingerprint density at radius 1 is 1.04 bits per heavy atom. The van der Waals surface area contributed by atoms with Gasteiger partial charge in [-0.3, -0.25) is 4.90 Å². The van der Waals surface area contributed by atoms with Gasteiger partial charge >= 0.3 is 18.2 Å². The van der Waals surface area contributed by atoms with Gasteiger partial charge in [0.1, 0.15) is 5.82 Å². The molecular weight excluding hydrogens is 311 g/mol. The lowest BCUT2D eigenvalue weighted by atomic mass is 9.86. The largest absolute Gasteiger partial charge is 0.479 e. The molecule has 1 atom stereocenters. The summed E-state index contributed by atoms with van der Waals surface area (Å²) < 4.78 is 13.0. The van der Waals surface area contributed by atoms with Crippen molar-refractivity contribution in [1.29, 1.82) is 0 Å². The summed E-state index contributed by atoms with van der Waals surface area (Å²) in [6.07, 6.45) is -3.03. The number of rotatable bonds is 3. The number of carboxylic acid groups (broad SMARTS) is 3. The maximum absolute atomic E-state index is 13.0. The molecule has 0 saturated carbocycles. The summed E-state index contributed by atoms with van der Waals surface area (Å²) in [6.45, 7) is -0.865. The molecule has 2 amide bonds. The van der Waals surface area contributed by atoms with Crippen LogP contribution in [0.3, 0.4) is 0 Å². The van der Waals surface area contributed by atoms with E-state index in [0.717, 1.165) is 21.9 Å². The van der Waals surface area contributed by atoms with Gasteiger partial charge in [-0.05, 0) is 17.7 Å². The third-order valence-electron chi connectivity index (χ3n) is 3.87. The summed E-state index contributed by atoms with van der Waals surface area (Å²) in [4.78, 5) is 36.0. The van der Waals surface area contributed by atoms with Crippen molar-refractivity contribution in [3.05, 3.63) is 35.6 Å². The fraction of sp³-hybridized carbons (Fsp3) is 0.357. The first-order valence-electron chi connectivity index (χ1n) is 6.72. The van der Waals surface area contributed by atoms with Crippen LogP contribution in [-0.2, 0) is 11.2 Å². The minimum Gasteiger partial charge on any atom is -0.479 e. The van der Waals surface area contributed by atoms with E-state index in [9.17, 15) is 29.0 Å². The number of aliphatic carboxylic acids is 1. The van der Waals surface area contributed by atoms with Gasteiger partial charge in [0, 0.05) is 19.5 Å². The van der Waals surface area contributed by atoms with Gasteiger partial charge in [-0.2, -0.15) is 0 Å². The number of hydrogen-bond acceptors (Lipinski definition) is 3. The molecule has 0 spiro atoms. The molecule has 0 bridgehead atoms. The predicted octanol–water partition coefficient (Wildman–Crippen LogP) is 1.17. The van der Waals surface area contributed by atoms with Gasteiger partial charge < -0.3 is 20.2 Å². The Labute approximate surface area is 130 Å². The topological polar surface area (TPSA) is 118 Å². The second-order valence-electron chi connectivity index (χ2n) is 5.28. The van der Waals surface area contributed by atoms with Gasteiger partial charge in [0.2, 0.25) is 0 Å². The zero-order valence-electron chi connectivity index (χ0n) is 12.0. The Morgan fingerprint density at radius 3 is 2.13 bits per heavy atom. The molecule has 1 fully saturated rings. The third kappa shape index (κ3) is 3.17. The average Bonchev–Trinajstić information content (AvgIpc) is 2.49. The van der Waals surface area contributed by atoms with Crippen molar-refractivity contribution in [2.75, 3.05) is 19.6 Å². The maximum Gasteiger partial charge on any atom is 0.408 e. The zero-order valence-corrected chi connectivity index (χ0v) is 12.0. The van der Waals surface area contributed by atoms with Crippen LogP contribution in [0.1, 0.15) is 5.56 Å². The Morgan fingerprint density at radius 2 is 1.65 bits per heavy atom. The molecule has 9 heteroatoms. The summed E-state index contributed by atoms with van der Waals surface area (Å²) in [7, 11) is 0. The fourth-order valence-electron chi connectivity index (χ4n) is 2.71. The highest BCUT2D eigenvalue weighted by Crippen LogP contribution is 2.27. The van der Waals surface area contributed by atoms with Crippen LogP contribution in [0.25, 0.3) is 0 Å². The van der Waals surface area contributed by atoms with Gasteiger partial charge in [0.05, 0.1) is 6.54 Å². The molecule has 0 radical (unpaired) electrons. The van der Waals surface area contributed by atoms with E-state index in [1.54, 1.807) is 0 Å². The van der Waals surface area contributed by atoms with Crippen LogP contribution in [-0.4, -0.2) is 68.4 Å². The maximum atomic E-state index is 13.0. The molecule has 0 aliphatic carbocycles. The van der Waals surface area contributed by atoms with Crippen molar-refractivity contribution >= 4 is 18.2 Å². The average molecular weight is 326 g/mol. The summed E-state index contributed by atoms with van der Waals surface area (Å²) in [5.41, 5.74) is -1.56. The van der Waals surface area contributed by atoms with E-state index >= 15 is 0 Å². The van der Waals surface area contributed by atoms with Crippen LogP contribution in [0.5, 0.6) is 0 Å². The highest BCUT2D eigenvalue weighted by Gasteiger charge is 2.51. The molecule has 23 heavy (non-hydrogen) atoms. The molecule has 3 N–H and O–H groups in total. The van der Waals surface area contributed by atoms with Crippen molar-refractivity contribution in [2.24, 2.45) is 0 Å². The van der Waals surface area contributed by atoms with Crippen LogP contribution in [0, 0.1) is 5.82 Å². The molecule has 1 saturated heterocycles. The monoisotopic (exact) mass is 326 g/mol. The smallest absolute Gasteiger partial charge is 0.408 e. The summed E-state index contributed by atoms with van der Waals surface area (Å²) in [5, 5.41) is 28.0. The first-order valence-corrected chi connectivity index (χ1v) is 6.72. The molecule has 1 heterocycles. The molecule has 1 aliphatic heterocycles. The number of carboxylic acids is 1. The Bertz CT molecular complexity index is 635. The molecule has 0 aromatic heterocycles. The van der Waals surface area contributed by atoms with Gasteiger partial charge in [0.25, 0.3) is 0 Å². The minimum atomic E-state index is -1.96. The number of nitrogens with zero attached hydrogens (tertiary/aromatic N) is 2. The number of piperazine rings is 1. The quantitative estimate of drug-likeness (QED) is 0.767. The first-order chi connectivity index (χ1) is 10.8. The molecular formula is C14H15FN2O6. The summed E-state index contributed by atoms with van der Waals surface area (Å²) in [5.74, 6) is -1.96. The number of amides is 2. The van der Waals surface area contributed by atoms with Crippen LogP contribution < -0.4 is 0 Å². The number of halogens is 1. The van der Waals surface area contributed by atoms with Crippen molar-refractivity contribution < 1.29 is 34.1 Å². The SMILES string of the molecule is O=C(O)N1CCN(C(=O)O)C(Cc2ccc(F)cc2)(C(=O)O)C1. The Kier molecular flexibility index (Phi) is 4.39. The summed E-state index contributed by atoms with van der Waals surface area (Å²) >= 11 is 0. The van der Waals surface area contributed by atoms with Crippen molar-refractivity contribution in [3.8, 4) is 0 Å². The van der Waals surface area contributed by atoms with E-state index < -0.39 is 36.1 Å². The van der Waals surface area contributed by atoms with Crippen molar-refractivity contribution in [1.82, 2.24) is 9.80 Å². The summed E-state index contributed by atoms with van der Waals surface area (Å²) in [6, 6.07) is 4.96. The third-order valence-corrected chi connectivity index (χ3v) is 3.87. The molecule has 8 nitrogen and oxygen atoms in total. The van der Waals surface area contributed by atoms with Gasteiger partial charge in [0.15, 0.2) is 5.54 Å². The molecule has 1 aliphatic rings. The minimum absolute atomic E-state index is 0.111. The predicted molar refractivity (Wildman–Crippen MR) is 74.8 cm³/mol. The number of hydrogen-bond donors (Lipinski definition) is 3. The standard InChI is InChI=1S/C14H15FN2O6/c15-10-3-1-9(2-4-10)7-14(11(18)19)8-16(12(20)21)5-6-17(14)13(22)23/h1-4H,5-8H2,(H,18,19)(H,20,21)(H,22,23). The van der Waals surface area contributed by atoms with E-state index in [1.807, 2.05) is 0 Å². The van der Waals surface area contributed by atoms with Gasteiger partial charge in [-0.1, -0.05) is 12.1 Å². The number of benzene rings is 1. The van der Waals surface area contributed by atoms with Crippen LogP contribution in [0.4, 0.5) is 14.0 Å². The molecule has 2 rings (SSSR count). The fourth-order valence-corrected chi connectivity index (χ4v) is 2.71. The van der Waals surface area contributed by atoms with E-state index in [0.29, 0.717) is 5.56 Å². The lowest BCUT2D eigenvalue weighted by Gasteiger charge is -2.45. The van der Waals surface area contributed by atoms with Gasteiger partial charge in [-0.25, -0.2) is 18.8 Å². The first kappa shape index (κ1) is 16.5. The molecule has 124 valence electrons. The Balaban J connectivity index is 2.43. The highest BCUT2D eigenvalue weighted by atomic mass is 19.1. The Hall–Kier alpha value is -2.84. The van der Waals surface area contributed by atoms with E-state index in [-0.39, 0.29) is 19.5 Å². The highest BCUT2D eigenvalue weighted by molar-refractivity contribution is 5.86. The van der Waals surface area contributed by atoms with Crippen LogP contribution >= 0.6 is 0 Å². The normalized spacial score (nSPS) is 21.1. The second kappa shape index (κ2) is 6.11. The van der Waals surface area contributed by atoms with Crippen molar-refractivity contribution in [3.63, 3.8) is 0 Å². The van der Waals surface area contributed by atoms with E-state index in [4.69, 9.17) is 5.11 Å². The lowest BCUT2D eigenvalue weighted by molar-refractivity contribution is -0.153. The lowest BCUT2D eigenvalue weighted by Crippen LogP contribution is -2.69.